The molecule has 0 amide bonds. The molecule has 0 saturated heterocycles. The molecule has 5 nitrogen and oxygen atoms in total. The third-order valence-electron chi connectivity index (χ3n) is 3.18. The number of nitrogens with zero attached hydrogens (tertiary/aromatic N) is 2. The molecule has 0 saturated carbocycles. The van der Waals surface area contributed by atoms with E-state index in [2.05, 4.69) is 20.6 Å². The van der Waals surface area contributed by atoms with Gasteiger partial charge in [0.1, 0.15) is 23.7 Å². The Kier molecular flexibility index (Phi) is 4.37. The molecule has 8 heteroatoms. The molecule has 124 valence electrons. The Hall–Kier alpha value is -3.03. The molecule has 2 N–H and O–H groups in total. The number of hydrogen-bond donors (Lipinski definition) is 2. The van der Waals surface area contributed by atoms with Gasteiger partial charge in [-0.15, -0.1) is 0 Å². The van der Waals surface area contributed by atoms with Crippen LogP contribution in [0, 0.1) is 0 Å². The molecule has 0 aliphatic rings. The number of benzene rings is 1. The largest absolute Gasteiger partial charge is 0.467 e. The molecule has 0 atom stereocenters. The van der Waals surface area contributed by atoms with Crippen LogP contribution < -0.4 is 10.6 Å². The second kappa shape index (κ2) is 6.61. The van der Waals surface area contributed by atoms with Gasteiger partial charge in [0.2, 0.25) is 0 Å². The zero-order chi connectivity index (χ0) is 17.0. The number of rotatable bonds is 5. The first-order valence-electron chi connectivity index (χ1n) is 7.03. The van der Waals surface area contributed by atoms with Gasteiger partial charge in [-0.3, -0.25) is 0 Å². The Balaban J connectivity index is 1.65. The normalized spacial score (nSPS) is 11.3. The summed E-state index contributed by atoms with van der Waals surface area (Å²) in [6.45, 7) is 0.462. The van der Waals surface area contributed by atoms with Crippen molar-refractivity contribution in [3.63, 3.8) is 0 Å². The number of halogens is 3. The number of anilines is 3. The number of furan rings is 1. The van der Waals surface area contributed by atoms with Gasteiger partial charge in [-0.25, -0.2) is 9.97 Å². The van der Waals surface area contributed by atoms with Crippen molar-refractivity contribution < 1.29 is 17.6 Å². The van der Waals surface area contributed by atoms with E-state index in [9.17, 15) is 13.2 Å². The average molecular weight is 334 g/mol. The maximum Gasteiger partial charge on any atom is 0.416 e. The van der Waals surface area contributed by atoms with Crippen LogP contribution in [-0.4, -0.2) is 9.97 Å². The zero-order valence-corrected chi connectivity index (χ0v) is 12.3. The predicted octanol–water partition coefficient (Wildman–Crippen LogP) is 4.44. The van der Waals surface area contributed by atoms with Crippen LogP contribution >= 0.6 is 0 Å². The lowest BCUT2D eigenvalue weighted by molar-refractivity contribution is -0.137. The lowest BCUT2D eigenvalue weighted by atomic mass is 10.2. The van der Waals surface area contributed by atoms with E-state index in [0.29, 0.717) is 23.9 Å². The highest BCUT2D eigenvalue weighted by Crippen LogP contribution is 2.30. The first-order chi connectivity index (χ1) is 11.5. The average Bonchev–Trinajstić information content (AvgIpc) is 3.06. The first-order valence-corrected chi connectivity index (χ1v) is 7.03. The summed E-state index contributed by atoms with van der Waals surface area (Å²) in [6, 6.07) is 9.99. The van der Waals surface area contributed by atoms with Gasteiger partial charge in [0.05, 0.1) is 18.4 Å². The third kappa shape index (κ3) is 4.03. The lowest BCUT2D eigenvalue weighted by Crippen LogP contribution is -2.05. The molecule has 0 bridgehead atoms. The second-order valence-corrected chi connectivity index (χ2v) is 4.92. The van der Waals surface area contributed by atoms with Gasteiger partial charge in [-0.1, -0.05) is 0 Å². The number of alkyl halides is 3. The number of hydrogen-bond acceptors (Lipinski definition) is 5. The van der Waals surface area contributed by atoms with E-state index in [1.54, 1.807) is 18.4 Å². The summed E-state index contributed by atoms with van der Waals surface area (Å²) in [4.78, 5) is 8.12. The maximum absolute atomic E-state index is 12.5. The van der Waals surface area contributed by atoms with E-state index >= 15 is 0 Å². The summed E-state index contributed by atoms with van der Waals surface area (Å²) in [5.41, 5.74) is -0.199. The fraction of sp³-hybridized carbons (Fsp3) is 0.125. The van der Waals surface area contributed by atoms with Gasteiger partial charge in [-0.2, -0.15) is 13.2 Å². The minimum absolute atomic E-state index is 0.462. The molecule has 0 fully saturated rings. The van der Waals surface area contributed by atoms with Crippen LogP contribution in [-0.2, 0) is 12.7 Å². The smallest absolute Gasteiger partial charge is 0.416 e. The number of nitrogens with one attached hydrogen (secondary N) is 2. The first kappa shape index (κ1) is 15.9. The van der Waals surface area contributed by atoms with E-state index in [0.717, 1.165) is 17.9 Å². The molecule has 0 aliphatic carbocycles. The summed E-state index contributed by atoms with van der Waals surface area (Å²) in [5, 5.41) is 6.00. The summed E-state index contributed by atoms with van der Waals surface area (Å²) >= 11 is 0. The molecule has 3 rings (SSSR count). The molecule has 2 aromatic heterocycles. The Bertz CT molecular complexity index is 786. The molecule has 2 heterocycles. The minimum atomic E-state index is -4.35. The molecular weight excluding hydrogens is 321 g/mol. The topological polar surface area (TPSA) is 63.0 Å². The molecule has 24 heavy (non-hydrogen) atoms. The Morgan fingerprint density at radius 2 is 1.75 bits per heavy atom. The summed E-state index contributed by atoms with van der Waals surface area (Å²) in [5.74, 6) is 1.79. The second-order valence-electron chi connectivity index (χ2n) is 4.92. The predicted molar refractivity (Wildman–Crippen MR) is 82.8 cm³/mol. The van der Waals surface area contributed by atoms with Crippen molar-refractivity contribution in [3.05, 3.63) is 66.4 Å². The molecule has 0 aliphatic heterocycles. The van der Waals surface area contributed by atoms with Crippen molar-refractivity contribution in [2.45, 2.75) is 12.7 Å². The highest BCUT2D eigenvalue weighted by Gasteiger charge is 2.29. The minimum Gasteiger partial charge on any atom is -0.467 e. The van der Waals surface area contributed by atoms with E-state index in [4.69, 9.17) is 4.42 Å². The van der Waals surface area contributed by atoms with Gasteiger partial charge in [0.15, 0.2) is 0 Å². The van der Waals surface area contributed by atoms with Gasteiger partial charge in [0.25, 0.3) is 0 Å². The highest BCUT2D eigenvalue weighted by molar-refractivity contribution is 5.59. The van der Waals surface area contributed by atoms with E-state index in [1.165, 1.54) is 18.5 Å². The fourth-order valence-electron chi connectivity index (χ4n) is 2.00. The molecular formula is C16H13F3N4O. The van der Waals surface area contributed by atoms with Gasteiger partial charge in [0, 0.05) is 11.8 Å². The molecule has 0 radical (unpaired) electrons. The monoisotopic (exact) mass is 334 g/mol. The highest BCUT2D eigenvalue weighted by atomic mass is 19.4. The molecule has 3 aromatic rings. The van der Waals surface area contributed by atoms with Gasteiger partial charge < -0.3 is 15.1 Å². The SMILES string of the molecule is FC(F)(F)c1ccc(Nc2cc(NCc3ccco3)ncn2)cc1. The van der Waals surface area contributed by atoms with Crippen LogP contribution in [0.2, 0.25) is 0 Å². The van der Waals surface area contributed by atoms with Crippen molar-refractivity contribution in [2.75, 3.05) is 10.6 Å². The Morgan fingerprint density at radius 1 is 1.00 bits per heavy atom. The molecule has 0 spiro atoms. The van der Waals surface area contributed by atoms with Gasteiger partial charge in [-0.05, 0) is 36.4 Å². The third-order valence-corrected chi connectivity index (χ3v) is 3.18. The summed E-state index contributed by atoms with van der Waals surface area (Å²) < 4.78 is 42.8. The van der Waals surface area contributed by atoms with Crippen LogP contribution in [0.4, 0.5) is 30.5 Å². The maximum atomic E-state index is 12.5. The molecule has 0 unspecified atom stereocenters. The van der Waals surface area contributed by atoms with Crippen LogP contribution in [0.3, 0.4) is 0 Å². The van der Waals surface area contributed by atoms with E-state index < -0.39 is 11.7 Å². The van der Waals surface area contributed by atoms with Crippen molar-refractivity contribution in [1.82, 2.24) is 9.97 Å². The Labute approximate surface area is 135 Å². The van der Waals surface area contributed by atoms with Crippen molar-refractivity contribution in [2.24, 2.45) is 0 Å². The van der Waals surface area contributed by atoms with E-state index in [1.807, 2.05) is 6.07 Å². The number of aromatic nitrogens is 2. The lowest BCUT2D eigenvalue weighted by Gasteiger charge is -2.10. The van der Waals surface area contributed by atoms with Crippen LogP contribution in [0.15, 0.2) is 59.5 Å². The quantitative estimate of drug-likeness (QED) is 0.722. The molecule has 1 aromatic carbocycles. The van der Waals surface area contributed by atoms with E-state index in [-0.39, 0.29) is 0 Å². The summed E-state index contributed by atoms with van der Waals surface area (Å²) in [7, 11) is 0. The van der Waals surface area contributed by atoms with Crippen molar-refractivity contribution in [1.29, 1.82) is 0 Å². The van der Waals surface area contributed by atoms with Gasteiger partial charge >= 0.3 is 6.18 Å². The standard InChI is InChI=1S/C16H13F3N4O/c17-16(18,19)11-3-5-12(6-4-11)23-15-8-14(21-10-22-15)20-9-13-2-1-7-24-13/h1-8,10H,9H2,(H2,20,21,22,23). The van der Waals surface area contributed by atoms with Crippen LogP contribution in [0.5, 0.6) is 0 Å². The Morgan fingerprint density at radius 3 is 2.42 bits per heavy atom. The zero-order valence-electron chi connectivity index (χ0n) is 12.3. The summed E-state index contributed by atoms with van der Waals surface area (Å²) in [6.07, 6.45) is -1.41. The van der Waals surface area contributed by atoms with Crippen molar-refractivity contribution in [3.8, 4) is 0 Å². The van der Waals surface area contributed by atoms with Crippen LogP contribution in [0.25, 0.3) is 0 Å². The fourth-order valence-corrected chi connectivity index (χ4v) is 2.00. The van der Waals surface area contributed by atoms with Crippen molar-refractivity contribution >= 4 is 17.3 Å². The van der Waals surface area contributed by atoms with Crippen LogP contribution in [0.1, 0.15) is 11.3 Å².